The SMILES string of the molecule is Cc1ccc(S(=O)(=O)Cc2csc(NC(=O)[C@@H]3C[C@H]4C=C[C@H]3C43CC3)n2)cc1. The molecule has 1 heterocycles. The highest BCUT2D eigenvalue weighted by Gasteiger charge is 2.64. The van der Waals surface area contributed by atoms with Crippen LogP contribution < -0.4 is 5.32 Å². The third kappa shape index (κ3) is 2.92. The molecule has 1 aromatic carbocycles. The van der Waals surface area contributed by atoms with Crippen LogP contribution in [0, 0.1) is 30.1 Å². The van der Waals surface area contributed by atoms with Crippen LogP contribution >= 0.6 is 11.3 Å². The Balaban J connectivity index is 1.26. The van der Waals surface area contributed by atoms with E-state index in [1.54, 1.807) is 29.6 Å². The molecule has 1 spiro atoms. The van der Waals surface area contributed by atoms with Crippen molar-refractivity contribution in [2.45, 2.75) is 36.8 Å². The number of carbonyl (C=O) groups is 1. The molecule has 2 aromatic rings. The van der Waals surface area contributed by atoms with Crippen molar-refractivity contribution in [1.82, 2.24) is 4.98 Å². The highest BCUT2D eigenvalue weighted by molar-refractivity contribution is 7.90. The molecule has 28 heavy (non-hydrogen) atoms. The monoisotopic (exact) mass is 414 g/mol. The minimum atomic E-state index is -3.45. The van der Waals surface area contributed by atoms with Crippen molar-refractivity contribution in [3.05, 3.63) is 53.1 Å². The molecule has 1 amide bonds. The molecule has 146 valence electrons. The summed E-state index contributed by atoms with van der Waals surface area (Å²) >= 11 is 1.29. The summed E-state index contributed by atoms with van der Waals surface area (Å²) in [5.74, 6) is 0.785. The molecular formula is C21H22N2O3S2. The van der Waals surface area contributed by atoms with E-state index in [0.717, 1.165) is 12.0 Å². The Bertz CT molecular complexity index is 1070. The standard InChI is InChI=1S/C21H22N2O3S2/c1-13-2-5-16(6-3-13)28(25,26)12-15-11-27-20(22-15)23-19(24)17-10-14-4-7-18(17)21(14)8-9-21/h2-7,11,14,17-18H,8-10,12H2,1H3,(H,22,23,24)/t14-,17-,18-/m1/s1. The van der Waals surface area contributed by atoms with E-state index >= 15 is 0 Å². The first-order chi connectivity index (χ1) is 13.4. The second-order valence-electron chi connectivity index (χ2n) is 8.30. The number of benzene rings is 1. The number of aryl methyl sites for hydroxylation is 1. The van der Waals surface area contributed by atoms with E-state index in [9.17, 15) is 13.2 Å². The van der Waals surface area contributed by atoms with Crippen molar-refractivity contribution >= 4 is 32.2 Å². The fourth-order valence-electron chi connectivity index (χ4n) is 4.92. The lowest BCUT2D eigenvalue weighted by molar-refractivity contribution is -0.120. The maximum atomic E-state index is 12.8. The van der Waals surface area contributed by atoms with Crippen molar-refractivity contribution in [1.29, 1.82) is 0 Å². The van der Waals surface area contributed by atoms with Gasteiger partial charge in [0.1, 0.15) is 0 Å². The summed E-state index contributed by atoms with van der Waals surface area (Å²) in [6.45, 7) is 1.92. The second kappa shape index (κ2) is 6.26. The summed E-state index contributed by atoms with van der Waals surface area (Å²) in [7, 11) is -3.45. The lowest BCUT2D eigenvalue weighted by atomic mass is 9.88. The number of hydrogen-bond acceptors (Lipinski definition) is 5. The number of carbonyl (C=O) groups excluding carboxylic acids is 1. The minimum Gasteiger partial charge on any atom is -0.302 e. The number of thiazole rings is 1. The number of nitrogens with one attached hydrogen (secondary N) is 1. The fourth-order valence-corrected chi connectivity index (χ4v) is 7.00. The minimum absolute atomic E-state index is 0.0149. The van der Waals surface area contributed by atoms with Crippen LogP contribution in [0.2, 0.25) is 0 Å². The molecule has 5 nitrogen and oxygen atoms in total. The normalized spacial score (nSPS) is 26.7. The van der Waals surface area contributed by atoms with Gasteiger partial charge in [0.2, 0.25) is 5.91 Å². The topological polar surface area (TPSA) is 76.1 Å². The quantitative estimate of drug-likeness (QED) is 0.751. The molecule has 0 aliphatic heterocycles. The van der Waals surface area contributed by atoms with Crippen molar-refractivity contribution in [2.24, 2.45) is 23.2 Å². The van der Waals surface area contributed by atoms with Gasteiger partial charge in [-0.25, -0.2) is 13.4 Å². The lowest BCUT2D eigenvalue weighted by Crippen LogP contribution is -2.27. The number of anilines is 1. The van der Waals surface area contributed by atoms with Crippen molar-refractivity contribution < 1.29 is 13.2 Å². The number of hydrogen-bond donors (Lipinski definition) is 1. The fraction of sp³-hybridized carbons (Fsp3) is 0.429. The molecule has 2 saturated carbocycles. The Labute approximate surface area is 168 Å². The molecule has 1 aromatic heterocycles. The molecule has 0 saturated heterocycles. The molecule has 3 aliphatic carbocycles. The lowest BCUT2D eigenvalue weighted by Gasteiger charge is -2.18. The summed E-state index contributed by atoms with van der Waals surface area (Å²) in [5, 5.41) is 5.12. The van der Waals surface area contributed by atoms with Crippen LogP contribution in [0.4, 0.5) is 5.13 Å². The molecule has 3 atom stereocenters. The molecule has 2 fully saturated rings. The number of amides is 1. The Hall–Kier alpha value is -1.99. The predicted molar refractivity (Wildman–Crippen MR) is 109 cm³/mol. The first kappa shape index (κ1) is 18.1. The van der Waals surface area contributed by atoms with Crippen LogP contribution in [0.15, 0.2) is 46.7 Å². The van der Waals surface area contributed by atoms with Gasteiger partial charge in [0.05, 0.1) is 16.3 Å². The van der Waals surface area contributed by atoms with E-state index in [2.05, 4.69) is 22.5 Å². The molecule has 5 rings (SSSR count). The number of rotatable bonds is 5. The molecule has 7 heteroatoms. The Morgan fingerprint density at radius 1 is 1.25 bits per heavy atom. The zero-order valence-electron chi connectivity index (χ0n) is 15.6. The highest BCUT2D eigenvalue weighted by atomic mass is 32.2. The van der Waals surface area contributed by atoms with E-state index in [1.807, 2.05) is 6.92 Å². The van der Waals surface area contributed by atoms with Gasteiger partial charge in [-0.1, -0.05) is 29.8 Å². The summed E-state index contributed by atoms with van der Waals surface area (Å²) in [5.41, 5.74) is 1.85. The summed E-state index contributed by atoms with van der Waals surface area (Å²) < 4.78 is 25.2. The van der Waals surface area contributed by atoms with Crippen LogP contribution in [-0.2, 0) is 20.4 Å². The average molecular weight is 415 g/mol. The molecule has 0 unspecified atom stereocenters. The van der Waals surface area contributed by atoms with Crippen LogP contribution in [0.25, 0.3) is 0 Å². The van der Waals surface area contributed by atoms with E-state index in [-0.39, 0.29) is 17.6 Å². The number of nitrogens with zero attached hydrogens (tertiary/aromatic N) is 1. The summed E-state index contributed by atoms with van der Waals surface area (Å²) in [6, 6.07) is 6.82. The Morgan fingerprint density at radius 3 is 2.68 bits per heavy atom. The summed E-state index contributed by atoms with van der Waals surface area (Å²) in [6.07, 6.45) is 7.91. The average Bonchev–Trinajstić information content (AvgIpc) is 3.13. The van der Waals surface area contributed by atoms with E-state index < -0.39 is 9.84 Å². The third-order valence-electron chi connectivity index (χ3n) is 6.56. The Kier molecular flexibility index (Phi) is 4.04. The zero-order valence-corrected chi connectivity index (χ0v) is 17.2. The van der Waals surface area contributed by atoms with Crippen LogP contribution in [0.1, 0.15) is 30.5 Å². The van der Waals surface area contributed by atoms with Gasteiger partial charge in [-0.15, -0.1) is 11.3 Å². The second-order valence-corrected chi connectivity index (χ2v) is 11.1. The maximum absolute atomic E-state index is 12.8. The van der Waals surface area contributed by atoms with E-state index in [1.165, 1.54) is 24.2 Å². The van der Waals surface area contributed by atoms with Gasteiger partial charge >= 0.3 is 0 Å². The van der Waals surface area contributed by atoms with Gasteiger partial charge in [-0.05, 0) is 55.6 Å². The van der Waals surface area contributed by atoms with Crippen LogP contribution in [-0.4, -0.2) is 19.3 Å². The zero-order chi connectivity index (χ0) is 19.5. The molecule has 1 N–H and O–H groups in total. The first-order valence-electron chi connectivity index (χ1n) is 9.60. The van der Waals surface area contributed by atoms with E-state index in [4.69, 9.17) is 0 Å². The van der Waals surface area contributed by atoms with Gasteiger partial charge in [0.25, 0.3) is 0 Å². The van der Waals surface area contributed by atoms with E-state index in [0.29, 0.717) is 33.0 Å². The van der Waals surface area contributed by atoms with Gasteiger partial charge in [-0.2, -0.15) is 0 Å². The third-order valence-corrected chi connectivity index (χ3v) is 9.03. The smallest absolute Gasteiger partial charge is 0.229 e. The largest absolute Gasteiger partial charge is 0.302 e. The predicted octanol–water partition coefficient (Wildman–Crippen LogP) is 3.97. The molecular weight excluding hydrogens is 392 g/mol. The molecule has 3 aliphatic rings. The first-order valence-corrected chi connectivity index (χ1v) is 12.1. The van der Waals surface area contributed by atoms with Crippen molar-refractivity contribution in [3.8, 4) is 0 Å². The highest BCUT2D eigenvalue weighted by Crippen LogP contribution is 2.70. The summed E-state index contributed by atoms with van der Waals surface area (Å²) in [4.78, 5) is 17.4. The van der Waals surface area contributed by atoms with Crippen LogP contribution in [0.5, 0.6) is 0 Å². The van der Waals surface area contributed by atoms with Gasteiger partial charge in [0.15, 0.2) is 15.0 Å². The van der Waals surface area contributed by atoms with Crippen molar-refractivity contribution in [2.75, 3.05) is 5.32 Å². The number of sulfone groups is 1. The van der Waals surface area contributed by atoms with Crippen molar-refractivity contribution in [3.63, 3.8) is 0 Å². The van der Waals surface area contributed by atoms with Gasteiger partial charge < -0.3 is 5.32 Å². The molecule has 2 bridgehead atoms. The van der Waals surface area contributed by atoms with Gasteiger partial charge in [-0.3, -0.25) is 4.79 Å². The Morgan fingerprint density at radius 2 is 2.00 bits per heavy atom. The number of aromatic nitrogens is 1. The van der Waals surface area contributed by atoms with Crippen LogP contribution in [0.3, 0.4) is 0 Å². The molecule has 0 radical (unpaired) electrons. The number of allylic oxidation sites excluding steroid dienone is 2. The van der Waals surface area contributed by atoms with Gasteiger partial charge in [0, 0.05) is 11.3 Å². The maximum Gasteiger partial charge on any atom is 0.229 e.